The van der Waals surface area contributed by atoms with Crippen LogP contribution in [0, 0.1) is 18.8 Å². The van der Waals surface area contributed by atoms with Gasteiger partial charge in [-0.15, -0.1) is 0 Å². The zero-order valence-electron chi connectivity index (χ0n) is 13.4. The second-order valence-corrected chi connectivity index (χ2v) is 6.28. The summed E-state index contributed by atoms with van der Waals surface area (Å²) in [5.41, 5.74) is 2.81. The summed E-state index contributed by atoms with van der Waals surface area (Å²) in [6.07, 6.45) is 12.1. The third kappa shape index (κ3) is 3.60. The maximum Gasteiger partial charge on any atom is 0.0369 e. The van der Waals surface area contributed by atoms with Gasteiger partial charge >= 0.3 is 0 Å². The van der Waals surface area contributed by atoms with E-state index in [2.05, 4.69) is 43.3 Å². The summed E-state index contributed by atoms with van der Waals surface area (Å²) in [6.45, 7) is 7.93. The molecule has 0 radical (unpaired) electrons. The van der Waals surface area contributed by atoms with Crippen molar-refractivity contribution < 1.29 is 0 Å². The Hall–Kier alpha value is -0.890. The van der Waals surface area contributed by atoms with Gasteiger partial charge in [0, 0.05) is 18.4 Å². The first-order valence-electron chi connectivity index (χ1n) is 8.41. The van der Waals surface area contributed by atoms with Crippen molar-refractivity contribution in [2.75, 3.05) is 6.54 Å². The molecule has 3 atom stereocenters. The van der Waals surface area contributed by atoms with Crippen LogP contribution in [0.2, 0.25) is 0 Å². The van der Waals surface area contributed by atoms with Crippen LogP contribution >= 0.6 is 0 Å². The van der Waals surface area contributed by atoms with E-state index in [4.69, 9.17) is 0 Å². The third-order valence-electron chi connectivity index (χ3n) is 4.95. The standard InChI is InChI=1S/C18H30N2/c1-4-11-20-18(17-13-19-12-10-14(17)3)16-9-7-6-8-15(16)5-2/h10,12-13,15-16,18,20H,4-9,11H2,1-3H3. The highest BCUT2D eigenvalue weighted by Gasteiger charge is 2.32. The van der Waals surface area contributed by atoms with Crippen molar-refractivity contribution in [1.82, 2.24) is 10.3 Å². The number of pyridine rings is 1. The zero-order chi connectivity index (χ0) is 14.4. The van der Waals surface area contributed by atoms with E-state index < -0.39 is 0 Å². The number of aromatic nitrogens is 1. The van der Waals surface area contributed by atoms with Gasteiger partial charge in [0.2, 0.25) is 0 Å². The van der Waals surface area contributed by atoms with Gasteiger partial charge in [0.25, 0.3) is 0 Å². The quantitative estimate of drug-likeness (QED) is 0.817. The number of rotatable bonds is 6. The Labute approximate surface area is 124 Å². The molecular formula is C18H30N2. The first-order chi connectivity index (χ1) is 9.77. The van der Waals surface area contributed by atoms with Crippen molar-refractivity contribution in [3.8, 4) is 0 Å². The molecule has 0 bridgehead atoms. The van der Waals surface area contributed by atoms with E-state index in [1.165, 1.54) is 49.7 Å². The molecule has 3 unspecified atom stereocenters. The second kappa shape index (κ2) is 7.78. The molecule has 1 heterocycles. The Morgan fingerprint density at radius 2 is 2.10 bits per heavy atom. The summed E-state index contributed by atoms with van der Waals surface area (Å²) in [5.74, 6) is 1.65. The van der Waals surface area contributed by atoms with Gasteiger partial charge in [-0.3, -0.25) is 4.98 Å². The van der Waals surface area contributed by atoms with Gasteiger partial charge in [0.1, 0.15) is 0 Å². The molecule has 1 N–H and O–H groups in total. The monoisotopic (exact) mass is 274 g/mol. The SMILES string of the molecule is CCCNC(c1cnccc1C)C1CCCCC1CC. The third-order valence-corrected chi connectivity index (χ3v) is 4.95. The molecule has 1 aromatic rings. The van der Waals surface area contributed by atoms with Crippen molar-refractivity contribution in [3.63, 3.8) is 0 Å². The fraction of sp³-hybridized carbons (Fsp3) is 0.722. The molecule has 112 valence electrons. The maximum atomic E-state index is 4.38. The normalized spacial score (nSPS) is 24.6. The summed E-state index contributed by atoms with van der Waals surface area (Å²) >= 11 is 0. The van der Waals surface area contributed by atoms with Crippen LogP contribution in [0.1, 0.15) is 69.5 Å². The summed E-state index contributed by atoms with van der Waals surface area (Å²) in [5, 5.41) is 3.82. The van der Waals surface area contributed by atoms with Gasteiger partial charge < -0.3 is 5.32 Å². The Morgan fingerprint density at radius 1 is 1.30 bits per heavy atom. The lowest BCUT2D eigenvalue weighted by Crippen LogP contribution is -2.35. The van der Waals surface area contributed by atoms with Crippen LogP contribution in [0.3, 0.4) is 0 Å². The number of nitrogens with zero attached hydrogens (tertiary/aromatic N) is 1. The smallest absolute Gasteiger partial charge is 0.0369 e. The molecule has 0 saturated heterocycles. The Morgan fingerprint density at radius 3 is 2.80 bits per heavy atom. The zero-order valence-corrected chi connectivity index (χ0v) is 13.4. The molecule has 0 spiro atoms. The van der Waals surface area contributed by atoms with Gasteiger partial charge in [-0.2, -0.15) is 0 Å². The highest BCUT2D eigenvalue weighted by atomic mass is 14.9. The van der Waals surface area contributed by atoms with Crippen molar-refractivity contribution in [2.24, 2.45) is 11.8 Å². The lowest BCUT2D eigenvalue weighted by molar-refractivity contribution is 0.175. The Kier molecular flexibility index (Phi) is 6.03. The second-order valence-electron chi connectivity index (χ2n) is 6.28. The topological polar surface area (TPSA) is 24.9 Å². The molecular weight excluding hydrogens is 244 g/mol. The molecule has 0 amide bonds. The maximum absolute atomic E-state index is 4.38. The molecule has 2 heteroatoms. The van der Waals surface area contributed by atoms with Crippen LogP contribution < -0.4 is 5.32 Å². The van der Waals surface area contributed by atoms with Crippen LogP contribution in [0.4, 0.5) is 0 Å². The molecule has 1 aliphatic rings. The van der Waals surface area contributed by atoms with E-state index in [-0.39, 0.29) is 0 Å². The molecule has 20 heavy (non-hydrogen) atoms. The van der Waals surface area contributed by atoms with E-state index in [0.29, 0.717) is 6.04 Å². The molecule has 1 aromatic heterocycles. The average Bonchev–Trinajstić information content (AvgIpc) is 2.49. The fourth-order valence-electron chi connectivity index (χ4n) is 3.78. The molecule has 1 saturated carbocycles. The summed E-state index contributed by atoms with van der Waals surface area (Å²) < 4.78 is 0. The predicted octanol–water partition coefficient (Wildman–Crippen LogP) is 4.65. The largest absolute Gasteiger partial charge is 0.310 e. The van der Waals surface area contributed by atoms with Crippen LogP contribution in [0.25, 0.3) is 0 Å². The van der Waals surface area contributed by atoms with E-state index >= 15 is 0 Å². The summed E-state index contributed by atoms with van der Waals surface area (Å²) in [7, 11) is 0. The highest BCUT2D eigenvalue weighted by Crippen LogP contribution is 2.40. The minimum atomic E-state index is 0.494. The number of hydrogen-bond donors (Lipinski definition) is 1. The first kappa shape index (κ1) is 15.5. The van der Waals surface area contributed by atoms with Crippen molar-refractivity contribution in [2.45, 2.75) is 65.3 Å². The Bertz CT molecular complexity index is 402. The van der Waals surface area contributed by atoms with Crippen molar-refractivity contribution in [1.29, 1.82) is 0 Å². The lowest BCUT2D eigenvalue weighted by atomic mass is 9.72. The predicted molar refractivity (Wildman–Crippen MR) is 85.7 cm³/mol. The molecule has 0 aromatic carbocycles. The summed E-state index contributed by atoms with van der Waals surface area (Å²) in [4.78, 5) is 4.38. The molecule has 1 fully saturated rings. The lowest BCUT2D eigenvalue weighted by Gasteiger charge is -2.38. The number of hydrogen-bond acceptors (Lipinski definition) is 2. The number of nitrogens with one attached hydrogen (secondary N) is 1. The average molecular weight is 274 g/mol. The van der Waals surface area contributed by atoms with Gasteiger partial charge in [0.05, 0.1) is 0 Å². The van der Waals surface area contributed by atoms with Crippen molar-refractivity contribution in [3.05, 3.63) is 29.6 Å². The summed E-state index contributed by atoms with van der Waals surface area (Å²) in [6, 6.07) is 2.65. The van der Waals surface area contributed by atoms with Crippen molar-refractivity contribution >= 4 is 0 Å². The van der Waals surface area contributed by atoms with Gasteiger partial charge in [-0.05, 0) is 55.3 Å². The van der Waals surface area contributed by atoms with E-state index in [1.807, 2.05) is 6.20 Å². The fourth-order valence-corrected chi connectivity index (χ4v) is 3.78. The Balaban J connectivity index is 2.24. The van der Waals surface area contributed by atoms with Crippen LogP contribution in [0.5, 0.6) is 0 Å². The minimum absolute atomic E-state index is 0.494. The van der Waals surface area contributed by atoms with E-state index in [0.717, 1.165) is 18.4 Å². The van der Waals surface area contributed by atoms with Crippen LogP contribution in [-0.2, 0) is 0 Å². The molecule has 2 nitrogen and oxygen atoms in total. The minimum Gasteiger partial charge on any atom is -0.310 e. The number of aryl methyl sites for hydroxylation is 1. The molecule has 0 aliphatic heterocycles. The molecule has 2 rings (SSSR count). The first-order valence-corrected chi connectivity index (χ1v) is 8.41. The van der Waals surface area contributed by atoms with Crippen LogP contribution in [0.15, 0.2) is 18.5 Å². The highest BCUT2D eigenvalue weighted by molar-refractivity contribution is 5.26. The van der Waals surface area contributed by atoms with E-state index in [9.17, 15) is 0 Å². The van der Waals surface area contributed by atoms with Gasteiger partial charge in [-0.25, -0.2) is 0 Å². The van der Waals surface area contributed by atoms with Crippen LogP contribution in [-0.4, -0.2) is 11.5 Å². The van der Waals surface area contributed by atoms with Gasteiger partial charge in [-0.1, -0.05) is 39.5 Å². The molecule has 1 aliphatic carbocycles. The van der Waals surface area contributed by atoms with Gasteiger partial charge in [0.15, 0.2) is 0 Å². The van der Waals surface area contributed by atoms with E-state index in [1.54, 1.807) is 0 Å².